The van der Waals surface area contributed by atoms with Gasteiger partial charge in [-0.15, -0.1) is 0 Å². The third-order valence-electron chi connectivity index (χ3n) is 3.52. The molecule has 3 atom stereocenters. The largest absolute Gasteiger partial charge is 0.336 e. The van der Waals surface area contributed by atoms with Gasteiger partial charge in [-0.25, -0.2) is 0 Å². The third-order valence-corrected chi connectivity index (χ3v) is 3.52. The molecule has 0 saturated carbocycles. The van der Waals surface area contributed by atoms with Crippen LogP contribution >= 0.6 is 0 Å². The molecule has 0 bridgehead atoms. The number of likely N-dealkylation sites (tertiary alicyclic amines) is 1. The van der Waals surface area contributed by atoms with Crippen molar-refractivity contribution in [2.45, 2.75) is 59.0 Å². The van der Waals surface area contributed by atoms with E-state index in [4.69, 9.17) is 5.26 Å². The molecular weight excluding hydrogens is 200 g/mol. The van der Waals surface area contributed by atoms with Gasteiger partial charge in [-0.05, 0) is 39.0 Å². The lowest BCUT2D eigenvalue weighted by Crippen LogP contribution is -2.50. The maximum atomic E-state index is 12.3. The molecule has 1 aliphatic rings. The minimum atomic E-state index is -0.483. The summed E-state index contributed by atoms with van der Waals surface area (Å²) in [6.45, 7) is 8.04. The Morgan fingerprint density at radius 1 is 1.31 bits per heavy atom. The Morgan fingerprint density at radius 3 is 2.19 bits per heavy atom. The van der Waals surface area contributed by atoms with Crippen molar-refractivity contribution in [3.05, 3.63) is 0 Å². The monoisotopic (exact) mass is 222 g/mol. The second kappa shape index (κ2) is 5.34. The summed E-state index contributed by atoms with van der Waals surface area (Å²) in [6, 6.07) is 2.71. The average Bonchev–Trinajstić information content (AvgIpc) is 2.17. The fraction of sp³-hybridized carbons (Fsp3) is 0.846. The molecular formula is C13H22N2O. The molecule has 1 amide bonds. The normalized spacial score (nSPS) is 27.6. The van der Waals surface area contributed by atoms with Gasteiger partial charge in [-0.3, -0.25) is 4.79 Å². The standard InChI is InChI=1S/C13H22N2O/c1-9(2)12(8-14)13(16)15-10(3)6-5-7-11(15)4/h9-12H,5-7H2,1-4H3. The van der Waals surface area contributed by atoms with Crippen LogP contribution in [0.1, 0.15) is 47.0 Å². The molecule has 1 aliphatic heterocycles. The first-order valence-corrected chi connectivity index (χ1v) is 6.20. The van der Waals surface area contributed by atoms with E-state index in [2.05, 4.69) is 19.9 Å². The Morgan fingerprint density at radius 2 is 1.81 bits per heavy atom. The Hall–Kier alpha value is -1.04. The number of nitriles is 1. The van der Waals surface area contributed by atoms with Crippen LogP contribution in [0.15, 0.2) is 0 Å². The number of carbonyl (C=O) groups is 1. The van der Waals surface area contributed by atoms with Gasteiger partial charge in [0.25, 0.3) is 0 Å². The third kappa shape index (κ3) is 2.55. The fourth-order valence-electron chi connectivity index (χ4n) is 2.51. The molecule has 0 aromatic heterocycles. The molecule has 16 heavy (non-hydrogen) atoms. The van der Waals surface area contributed by atoms with E-state index in [9.17, 15) is 4.79 Å². The minimum absolute atomic E-state index is 0.0252. The Balaban J connectivity index is 2.82. The Bertz CT molecular complexity index is 283. The van der Waals surface area contributed by atoms with Crippen molar-refractivity contribution >= 4 is 5.91 Å². The highest BCUT2D eigenvalue weighted by atomic mass is 16.2. The summed E-state index contributed by atoms with van der Waals surface area (Å²) >= 11 is 0. The molecule has 0 aliphatic carbocycles. The molecule has 1 rings (SSSR count). The van der Waals surface area contributed by atoms with Gasteiger partial charge >= 0.3 is 0 Å². The molecule has 1 heterocycles. The molecule has 0 radical (unpaired) electrons. The van der Waals surface area contributed by atoms with Gasteiger partial charge in [0, 0.05) is 12.1 Å². The maximum absolute atomic E-state index is 12.3. The summed E-state index contributed by atoms with van der Waals surface area (Å²) in [5.41, 5.74) is 0. The van der Waals surface area contributed by atoms with Crippen molar-refractivity contribution in [3.63, 3.8) is 0 Å². The number of piperidine rings is 1. The van der Waals surface area contributed by atoms with Crippen LogP contribution in [-0.4, -0.2) is 22.9 Å². The van der Waals surface area contributed by atoms with Crippen molar-refractivity contribution in [2.24, 2.45) is 11.8 Å². The SMILES string of the molecule is CC(C)C(C#N)C(=O)N1C(C)CCCC1C. The quantitative estimate of drug-likeness (QED) is 0.720. The lowest BCUT2D eigenvalue weighted by molar-refractivity contribution is -0.141. The van der Waals surface area contributed by atoms with Crippen LogP contribution in [0.3, 0.4) is 0 Å². The average molecular weight is 222 g/mol. The van der Waals surface area contributed by atoms with Crippen molar-refractivity contribution in [1.82, 2.24) is 4.90 Å². The van der Waals surface area contributed by atoms with Gasteiger partial charge in [0.15, 0.2) is 0 Å². The van der Waals surface area contributed by atoms with Crippen LogP contribution in [0, 0.1) is 23.2 Å². The molecule has 0 spiro atoms. The predicted octanol–water partition coefficient (Wildman–Crippen LogP) is 2.57. The molecule has 1 saturated heterocycles. The molecule has 3 unspecified atom stereocenters. The summed E-state index contributed by atoms with van der Waals surface area (Å²) < 4.78 is 0. The molecule has 0 aromatic rings. The Labute approximate surface area is 98.4 Å². The van der Waals surface area contributed by atoms with Crippen LogP contribution in [0.4, 0.5) is 0 Å². The number of rotatable bonds is 2. The van der Waals surface area contributed by atoms with E-state index >= 15 is 0 Å². The van der Waals surface area contributed by atoms with Crippen molar-refractivity contribution in [2.75, 3.05) is 0 Å². The maximum Gasteiger partial charge on any atom is 0.240 e. The first kappa shape index (κ1) is 13.0. The second-order valence-corrected chi connectivity index (χ2v) is 5.23. The molecule has 0 aromatic carbocycles. The van der Waals surface area contributed by atoms with Gasteiger partial charge in [0.2, 0.25) is 5.91 Å². The number of hydrogen-bond donors (Lipinski definition) is 0. The highest BCUT2D eigenvalue weighted by Crippen LogP contribution is 2.26. The Kier molecular flexibility index (Phi) is 4.35. The van der Waals surface area contributed by atoms with E-state index in [-0.39, 0.29) is 23.9 Å². The van der Waals surface area contributed by atoms with E-state index < -0.39 is 5.92 Å². The summed E-state index contributed by atoms with van der Waals surface area (Å²) in [5.74, 6) is -0.362. The van der Waals surface area contributed by atoms with Gasteiger partial charge in [-0.2, -0.15) is 5.26 Å². The van der Waals surface area contributed by atoms with E-state index in [1.54, 1.807) is 0 Å². The first-order valence-electron chi connectivity index (χ1n) is 6.20. The van der Waals surface area contributed by atoms with Crippen LogP contribution < -0.4 is 0 Å². The van der Waals surface area contributed by atoms with Crippen LogP contribution in [-0.2, 0) is 4.79 Å². The second-order valence-electron chi connectivity index (χ2n) is 5.23. The zero-order valence-electron chi connectivity index (χ0n) is 10.7. The van der Waals surface area contributed by atoms with Crippen LogP contribution in [0.5, 0.6) is 0 Å². The summed E-state index contributed by atoms with van der Waals surface area (Å²) in [6.07, 6.45) is 3.31. The number of amides is 1. The molecule has 0 N–H and O–H groups in total. The number of nitrogens with zero attached hydrogens (tertiary/aromatic N) is 2. The van der Waals surface area contributed by atoms with Crippen molar-refractivity contribution in [3.8, 4) is 6.07 Å². The van der Waals surface area contributed by atoms with Crippen molar-refractivity contribution < 1.29 is 4.79 Å². The first-order chi connectivity index (χ1) is 7.49. The van der Waals surface area contributed by atoms with Crippen molar-refractivity contribution in [1.29, 1.82) is 5.26 Å². The summed E-state index contributed by atoms with van der Waals surface area (Å²) in [4.78, 5) is 14.2. The van der Waals surface area contributed by atoms with Crippen LogP contribution in [0.2, 0.25) is 0 Å². The summed E-state index contributed by atoms with van der Waals surface area (Å²) in [5, 5.41) is 9.07. The molecule has 90 valence electrons. The minimum Gasteiger partial charge on any atom is -0.336 e. The van der Waals surface area contributed by atoms with Gasteiger partial charge in [-0.1, -0.05) is 13.8 Å². The van der Waals surface area contributed by atoms with Crippen LogP contribution in [0.25, 0.3) is 0 Å². The molecule has 3 heteroatoms. The van der Waals surface area contributed by atoms with Gasteiger partial charge < -0.3 is 4.90 Å². The smallest absolute Gasteiger partial charge is 0.240 e. The molecule has 1 fully saturated rings. The lowest BCUT2D eigenvalue weighted by atomic mass is 9.91. The van der Waals surface area contributed by atoms with E-state index in [0.717, 1.165) is 12.8 Å². The zero-order chi connectivity index (χ0) is 12.3. The van der Waals surface area contributed by atoms with E-state index in [1.807, 2.05) is 18.7 Å². The highest BCUT2D eigenvalue weighted by molar-refractivity contribution is 5.82. The summed E-state index contributed by atoms with van der Waals surface area (Å²) in [7, 11) is 0. The van der Waals surface area contributed by atoms with Gasteiger partial charge in [0.05, 0.1) is 6.07 Å². The lowest BCUT2D eigenvalue weighted by Gasteiger charge is -2.40. The van der Waals surface area contributed by atoms with E-state index in [0.29, 0.717) is 0 Å². The fourth-order valence-corrected chi connectivity index (χ4v) is 2.51. The highest BCUT2D eigenvalue weighted by Gasteiger charge is 2.34. The molecule has 3 nitrogen and oxygen atoms in total. The predicted molar refractivity (Wildman–Crippen MR) is 63.6 cm³/mol. The zero-order valence-corrected chi connectivity index (χ0v) is 10.7. The van der Waals surface area contributed by atoms with E-state index in [1.165, 1.54) is 6.42 Å². The topological polar surface area (TPSA) is 44.1 Å². The number of carbonyl (C=O) groups excluding carboxylic acids is 1. The van der Waals surface area contributed by atoms with Gasteiger partial charge in [0.1, 0.15) is 5.92 Å². The number of hydrogen-bond acceptors (Lipinski definition) is 2.